The fraction of sp³-hybridized carbons (Fsp3) is 0.733. The van der Waals surface area contributed by atoms with Gasteiger partial charge < -0.3 is 5.11 Å². The number of aliphatic hydroxyl groups is 1. The first-order chi connectivity index (χ1) is 7.67. The Morgan fingerprint density at radius 3 is 2.47 bits per heavy atom. The van der Waals surface area contributed by atoms with E-state index in [1.165, 1.54) is 11.1 Å². The number of terminal acetylenes is 1. The second kappa shape index (κ2) is 5.00. The van der Waals surface area contributed by atoms with Crippen molar-refractivity contribution < 1.29 is 5.11 Å². The van der Waals surface area contributed by atoms with Gasteiger partial charge in [-0.25, -0.2) is 0 Å². The van der Waals surface area contributed by atoms with E-state index in [1.54, 1.807) is 0 Å². The minimum absolute atomic E-state index is 0.130. The molecule has 2 heteroatoms. The van der Waals surface area contributed by atoms with Crippen LogP contribution in [0.3, 0.4) is 0 Å². The van der Waals surface area contributed by atoms with Gasteiger partial charge in [-0.15, -0.1) is 12.3 Å². The van der Waals surface area contributed by atoms with Gasteiger partial charge in [0.15, 0.2) is 0 Å². The summed E-state index contributed by atoms with van der Waals surface area (Å²) in [4.78, 5) is 0. The van der Waals surface area contributed by atoms with Crippen molar-refractivity contribution in [3.63, 3.8) is 0 Å². The van der Waals surface area contributed by atoms with Gasteiger partial charge in [-0.05, 0) is 29.9 Å². The van der Waals surface area contributed by atoms with E-state index in [2.05, 4.69) is 39.4 Å². The monoisotopic (exact) mass is 250 g/mol. The Morgan fingerprint density at radius 1 is 1.41 bits per heavy atom. The molecule has 1 atom stereocenters. The summed E-state index contributed by atoms with van der Waals surface area (Å²) in [6, 6.07) is 1.11. The zero-order chi connectivity index (χ0) is 13.3. The lowest BCUT2D eigenvalue weighted by Crippen LogP contribution is -2.23. The highest BCUT2D eigenvalue weighted by Gasteiger charge is 2.38. The molecule has 0 aliphatic heterocycles. The van der Waals surface area contributed by atoms with Crippen LogP contribution in [0.1, 0.15) is 33.1 Å². The van der Waals surface area contributed by atoms with Gasteiger partial charge in [0.2, 0.25) is 0 Å². The van der Waals surface area contributed by atoms with E-state index in [1.807, 2.05) is 0 Å². The summed E-state index contributed by atoms with van der Waals surface area (Å²) in [5.74, 6) is 2.73. The van der Waals surface area contributed by atoms with Crippen molar-refractivity contribution in [1.82, 2.24) is 0 Å². The minimum Gasteiger partial charge on any atom is -0.389 e. The molecule has 17 heavy (non-hydrogen) atoms. The maximum Gasteiger partial charge on any atom is 0.0758 e. The van der Waals surface area contributed by atoms with Crippen molar-refractivity contribution in [2.75, 3.05) is 0 Å². The number of hydrogen-bond acceptors (Lipinski definition) is 1. The zero-order valence-corrected chi connectivity index (χ0v) is 12.9. The van der Waals surface area contributed by atoms with Gasteiger partial charge in [0, 0.05) is 14.5 Å². The molecule has 1 aliphatic carbocycles. The van der Waals surface area contributed by atoms with Crippen molar-refractivity contribution in [3.05, 3.63) is 11.1 Å². The highest BCUT2D eigenvalue weighted by Crippen LogP contribution is 2.46. The number of hydrogen-bond donors (Lipinski definition) is 1. The second-order valence-electron chi connectivity index (χ2n) is 7.05. The first-order valence-electron chi connectivity index (χ1n) is 6.51. The molecule has 0 unspecified atom stereocenters. The largest absolute Gasteiger partial charge is 0.389 e. The van der Waals surface area contributed by atoms with Gasteiger partial charge in [-0.2, -0.15) is 0 Å². The van der Waals surface area contributed by atoms with Crippen LogP contribution < -0.4 is 0 Å². The normalized spacial score (nSPS) is 23.9. The molecule has 0 spiro atoms. The van der Waals surface area contributed by atoms with Gasteiger partial charge in [-0.3, -0.25) is 0 Å². The molecule has 0 amide bonds. The van der Waals surface area contributed by atoms with E-state index >= 15 is 0 Å². The topological polar surface area (TPSA) is 20.2 Å². The molecular formula is C15H26OSi. The molecular weight excluding hydrogens is 224 g/mol. The molecule has 0 heterocycles. The minimum atomic E-state index is -1.18. The first kappa shape index (κ1) is 14.5. The average molecular weight is 250 g/mol. The first-order valence-corrected chi connectivity index (χ1v) is 10.2. The van der Waals surface area contributed by atoms with Crippen LogP contribution in [0.4, 0.5) is 0 Å². The molecule has 0 aromatic heterocycles. The molecule has 0 saturated carbocycles. The molecule has 1 N–H and O–H groups in total. The van der Waals surface area contributed by atoms with Crippen molar-refractivity contribution in [2.24, 2.45) is 5.41 Å². The summed E-state index contributed by atoms with van der Waals surface area (Å²) in [6.45, 7) is 11.5. The molecule has 0 aromatic rings. The molecule has 96 valence electrons. The summed E-state index contributed by atoms with van der Waals surface area (Å²) in [6.07, 6.45) is 7.76. The fourth-order valence-electron chi connectivity index (χ4n) is 2.86. The molecule has 1 aliphatic rings. The summed E-state index contributed by atoms with van der Waals surface area (Å²) >= 11 is 0. The number of allylic oxidation sites excluding steroid dienone is 1. The Balaban J connectivity index is 3.01. The molecule has 1 nitrogen and oxygen atoms in total. The second-order valence-corrected chi connectivity index (χ2v) is 12.5. The Hall–Kier alpha value is -0.523. The van der Waals surface area contributed by atoms with E-state index in [4.69, 9.17) is 6.42 Å². The fourth-order valence-corrected chi connectivity index (χ4v) is 4.45. The third kappa shape index (κ3) is 3.72. The predicted octanol–water partition coefficient (Wildman–Crippen LogP) is 3.83. The van der Waals surface area contributed by atoms with Crippen molar-refractivity contribution in [2.45, 2.75) is 64.9 Å². The Bertz CT molecular complexity index is 352. The van der Waals surface area contributed by atoms with Gasteiger partial charge in [-0.1, -0.05) is 39.1 Å². The van der Waals surface area contributed by atoms with Crippen LogP contribution in [0.15, 0.2) is 11.1 Å². The average Bonchev–Trinajstić information content (AvgIpc) is 2.32. The summed E-state index contributed by atoms with van der Waals surface area (Å²) in [7, 11) is -1.18. The van der Waals surface area contributed by atoms with Crippen LogP contribution in [-0.4, -0.2) is 19.3 Å². The Labute approximate surface area is 107 Å². The third-order valence-corrected chi connectivity index (χ3v) is 4.99. The standard InChI is InChI=1S/C15H26OSi/c1-7-8-9-13-12(11-17(4,5)6)14(16)10-15(13,2)3/h1,14,16H,8-11H2,2-6H3/t14-/m0/s1. The smallest absolute Gasteiger partial charge is 0.0758 e. The van der Waals surface area contributed by atoms with Crippen molar-refractivity contribution in [1.29, 1.82) is 0 Å². The zero-order valence-electron chi connectivity index (χ0n) is 11.9. The molecule has 0 radical (unpaired) electrons. The van der Waals surface area contributed by atoms with E-state index in [-0.39, 0.29) is 11.5 Å². The summed E-state index contributed by atoms with van der Waals surface area (Å²) in [5, 5.41) is 10.3. The van der Waals surface area contributed by atoms with Gasteiger partial charge in [0.05, 0.1) is 6.10 Å². The van der Waals surface area contributed by atoms with Crippen molar-refractivity contribution >= 4 is 8.07 Å². The lowest BCUT2D eigenvalue weighted by Gasteiger charge is -2.23. The quantitative estimate of drug-likeness (QED) is 0.457. The van der Waals surface area contributed by atoms with Crippen LogP contribution in [-0.2, 0) is 0 Å². The van der Waals surface area contributed by atoms with Crippen molar-refractivity contribution in [3.8, 4) is 12.3 Å². The van der Waals surface area contributed by atoms with Gasteiger partial charge in [0.1, 0.15) is 0 Å². The molecule has 0 saturated heterocycles. The van der Waals surface area contributed by atoms with E-state index in [0.29, 0.717) is 0 Å². The van der Waals surface area contributed by atoms with Crippen LogP contribution in [0.5, 0.6) is 0 Å². The molecule has 1 rings (SSSR count). The SMILES string of the molecule is C#CCCC1=C(C[Si](C)(C)C)[C@@H](O)CC1(C)C. The van der Waals surface area contributed by atoms with E-state index in [9.17, 15) is 5.11 Å². The van der Waals surface area contributed by atoms with E-state index < -0.39 is 8.07 Å². The van der Waals surface area contributed by atoms with Crippen LogP contribution in [0, 0.1) is 17.8 Å². The highest BCUT2D eigenvalue weighted by molar-refractivity contribution is 6.76. The van der Waals surface area contributed by atoms with E-state index in [0.717, 1.165) is 25.3 Å². The number of rotatable bonds is 4. The number of aliphatic hydroxyl groups excluding tert-OH is 1. The lowest BCUT2D eigenvalue weighted by molar-refractivity contribution is 0.182. The summed E-state index contributed by atoms with van der Waals surface area (Å²) < 4.78 is 0. The van der Waals surface area contributed by atoms with Gasteiger partial charge in [0.25, 0.3) is 0 Å². The maximum absolute atomic E-state index is 10.3. The van der Waals surface area contributed by atoms with Crippen LogP contribution in [0.25, 0.3) is 0 Å². The van der Waals surface area contributed by atoms with Crippen LogP contribution in [0.2, 0.25) is 25.7 Å². The third-order valence-electron chi connectivity index (χ3n) is 3.55. The lowest BCUT2D eigenvalue weighted by atomic mass is 9.83. The Morgan fingerprint density at radius 2 is 2.00 bits per heavy atom. The van der Waals surface area contributed by atoms with Gasteiger partial charge >= 0.3 is 0 Å². The molecule has 0 fully saturated rings. The highest BCUT2D eigenvalue weighted by atomic mass is 28.3. The van der Waals surface area contributed by atoms with Crippen LogP contribution >= 0.6 is 0 Å². The molecule has 0 bridgehead atoms. The molecule has 0 aromatic carbocycles. The maximum atomic E-state index is 10.3. The summed E-state index contributed by atoms with van der Waals surface area (Å²) in [5.41, 5.74) is 2.88. The Kier molecular flexibility index (Phi) is 4.27. The predicted molar refractivity (Wildman–Crippen MR) is 77.7 cm³/mol.